The van der Waals surface area contributed by atoms with E-state index in [4.69, 9.17) is 16.3 Å². The van der Waals surface area contributed by atoms with Crippen LogP contribution >= 0.6 is 11.6 Å². The number of rotatable bonds is 4. The molecule has 4 heterocycles. The van der Waals surface area contributed by atoms with Gasteiger partial charge in [-0.25, -0.2) is 4.79 Å². The summed E-state index contributed by atoms with van der Waals surface area (Å²) < 4.78 is 10.3. The number of benzene rings is 1. The number of halogens is 1. The van der Waals surface area contributed by atoms with E-state index in [9.17, 15) is 4.79 Å². The van der Waals surface area contributed by atoms with Gasteiger partial charge in [0.05, 0.1) is 41.7 Å². The lowest BCUT2D eigenvalue weighted by Crippen LogP contribution is -2.20. The first-order valence-electron chi connectivity index (χ1n) is 9.76. The minimum absolute atomic E-state index is 0.218. The van der Waals surface area contributed by atoms with Gasteiger partial charge in [-0.1, -0.05) is 17.7 Å². The van der Waals surface area contributed by atoms with Gasteiger partial charge in [-0.2, -0.15) is 5.10 Å². The van der Waals surface area contributed by atoms with Crippen LogP contribution in [0.3, 0.4) is 0 Å². The lowest BCUT2D eigenvalue weighted by Gasteiger charge is -2.08. The summed E-state index contributed by atoms with van der Waals surface area (Å²) in [5.74, 6) is 0.704. The molecule has 0 amide bonds. The van der Waals surface area contributed by atoms with Crippen molar-refractivity contribution >= 4 is 33.5 Å². The van der Waals surface area contributed by atoms with Crippen molar-refractivity contribution in [3.05, 3.63) is 64.7 Å². The van der Waals surface area contributed by atoms with Gasteiger partial charge in [0.25, 0.3) is 0 Å². The van der Waals surface area contributed by atoms with E-state index in [0.717, 1.165) is 27.5 Å². The fraction of sp³-hybridized carbons (Fsp3) is 0.182. The van der Waals surface area contributed by atoms with Crippen LogP contribution in [0.1, 0.15) is 6.92 Å². The fourth-order valence-corrected chi connectivity index (χ4v) is 4.07. The molecule has 9 heteroatoms. The highest BCUT2D eigenvalue weighted by atomic mass is 35.5. The molecule has 1 aromatic carbocycles. The molecule has 156 valence electrons. The first kappa shape index (κ1) is 19.3. The summed E-state index contributed by atoms with van der Waals surface area (Å²) in [7, 11) is 3.49. The SMILES string of the molecule is CCOc1cncc(-c2ccc3ncc4c(c3c2)n(-c2cn(C)nc2Cl)c(=O)n4C)c1. The molecule has 5 aromatic rings. The van der Waals surface area contributed by atoms with Crippen LogP contribution < -0.4 is 10.4 Å². The number of hydrogen-bond donors (Lipinski definition) is 0. The molecule has 5 rings (SSSR count). The molecular weight excluding hydrogens is 416 g/mol. The van der Waals surface area contributed by atoms with Crippen molar-refractivity contribution in [2.24, 2.45) is 14.1 Å². The summed E-state index contributed by atoms with van der Waals surface area (Å²) in [6.07, 6.45) is 6.91. The molecule has 0 fully saturated rings. The normalized spacial score (nSPS) is 11.5. The molecular formula is C22H19ClN6O2. The average Bonchev–Trinajstić information content (AvgIpc) is 3.23. The van der Waals surface area contributed by atoms with Gasteiger partial charge < -0.3 is 4.74 Å². The summed E-state index contributed by atoms with van der Waals surface area (Å²) in [6.45, 7) is 2.50. The summed E-state index contributed by atoms with van der Waals surface area (Å²) in [4.78, 5) is 22.0. The van der Waals surface area contributed by atoms with E-state index in [1.54, 1.807) is 52.7 Å². The van der Waals surface area contributed by atoms with Gasteiger partial charge in [-0.3, -0.25) is 23.8 Å². The van der Waals surface area contributed by atoms with E-state index in [0.29, 0.717) is 23.6 Å². The molecule has 0 N–H and O–H groups in total. The maximum absolute atomic E-state index is 13.1. The Bertz CT molecular complexity index is 1510. The number of hydrogen-bond acceptors (Lipinski definition) is 5. The van der Waals surface area contributed by atoms with Gasteiger partial charge >= 0.3 is 5.69 Å². The largest absolute Gasteiger partial charge is 0.492 e. The maximum atomic E-state index is 13.1. The Balaban J connectivity index is 1.83. The molecule has 0 aliphatic carbocycles. The number of nitrogens with zero attached hydrogens (tertiary/aromatic N) is 6. The highest BCUT2D eigenvalue weighted by Gasteiger charge is 2.20. The second-order valence-electron chi connectivity index (χ2n) is 7.22. The Kier molecular flexibility index (Phi) is 4.51. The van der Waals surface area contributed by atoms with Gasteiger partial charge in [0.2, 0.25) is 0 Å². The minimum Gasteiger partial charge on any atom is -0.492 e. The Morgan fingerprint density at radius 1 is 1.10 bits per heavy atom. The highest BCUT2D eigenvalue weighted by Crippen LogP contribution is 2.31. The molecule has 0 saturated heterocycles. The van der Waals surface area contributed by atoms with E-state index in [2.05, 4.69) is 15.1 Å². The van der Waals surface area contributed by atoms with Crippen molar-refractivity contribution in [3.63, 3.8) is 0 Å². The molecule has 4 aromatic heterocycles. The lowest BCUT2D eigenvalue weighted by molar-refractivity contribution is 0.339. The van der Waals surface area contributed by atoms with Crippen LogP contribution in [0.15, 0.2) is 53.8 Å². The Labute approximate surface area is 182 Å². The second-order valence-corrected chi connectivity index (χ2v) is 7.58. The number of ether oxygens (including phenoxy) is 1. The number of aromatic nitrogens is 6. The van der Waals surface area contributed by atoms with E-state index in [1.807, 2.05) is 31.2 Å². The van der Waals surface area contributed by atoms with Crippen molar-refractivity contribution in [2.75, 3.05) is 6.61 Å². The number of pyridine rings is 2. The minimum atomic E-state index is -0.218. The molecule has 0 unspecified atom stereocenters. The van der Waals surface area contributed by atoms with Gasteiger partial charge in [-0.15, -0.1) is 0 Å². The van der Waals surface area contributed by atoms with Crippen LogP contribution in [0.4, 0.5) is 0 Å². The number of imidazole rings is 1. The molecule has 0 aliphatic heterocycles. The third-order valence-corrected chi connectivity index (χ3v) is 5.52. The molecule has 8 nitrogen and oxygen atoms in total. The average molecular weight is 435 g/mol. The highest BCUT2D eigenvalue weighted by molar-refractivity contribution is 6.31. The van der Waals surface area contributed by atoms with Crippen LogP contribution in [-0.4, -0.2) is 35.5 Å². The quantitative estimate of drug-likeness (QED) is 0.430. The molecule has 0 atom stereocenters. The third kappa shape index (κ3) is 3.07. The van der Waals surface area contributed by atoms with Crippen molar-refractivity contribution in [3.8, 4) is 22.6 Å². The predicted octanol–water partition coefficient (Wildman–Crippen LogP) is 3.73. The zero-order valence-electron chi connectivity index (χ0n) is 17.2. The Morgan fingerprint density at radius 2 is 1.94 bits per heavy atom. The molecule has 0 aliphatic rings. The monoisotopic (exact) mass is 434 g/mol. The molecule has 0 saturated carbocycles. The number of aryl methyl sites for hydroxylation is 2. The number of fused-ring (bicyclic) bond motifs is 3. The van der Waals surface area contributed by atoms with Crippen LogP contribution in [0.25, 0.3) is 38.8 Å². The first-order chi connectivity index (χ1) is 15.0. The van der Waals surface area contributed by atoms with Crippen LogP contribution in [0.2, 0.25) is 5.15 Å². The molecule has 31 heavy (non-hydrogen) atoms. The van der Waals surface area contributed by atoms with Crippen LogP contribution in [-0.2, 0) is 14.1 Å². The maximum Gasteiger partial charge on any atom is 0.333 e. The molecule has 0 spiro atoms. The third-order valence-electron chi connectivity index (χ3n) is 5.25. The second kappa shape index (κ2) is 7.24. The summed E-state index contributed by atoms with van der Waals surface area (Å²) in [5.41, 5.74) is 4.36. The predicted molar refractivity (Wildman–Crippen MR) is 120 cm³/mol. The van der Waals surface area contributed by atoms with Gasteiger partial charge in [0.1, 0.15) is 11.4 Å². The summed E-state index contributed by atoms with van der Waals surface area (Å²) in [6, 6.07) is 7.87. The van der Waals surface area contributed by atoms with E-state index in [1.165, 1.54) is 0 Å². The van der Waals surface area contributed by atoms with Crippen molar-refractivity contribution < 1.29 is 4.74 Å². The van der Waals surface area contributed by atoms with Crippen molar-refractivity contribution in [2.45, 2.75) is 6.92 Å². The van der Waals surface area contributed by atoms with Crippen LogP contribution in [0.5, 0.6) is 5.75 Å². The summed E-state index contributed by atoms with van der Waals surface area (Å²) in [5, 5.41) is 5.28. The zero-order valence-corrected chi connectivity index (χ0v) is 18.0. The Morgan fingerprint density at radius 3 is 2.68 bits per heavy atom. The standard InChI is InChI=1S/C22H19ClN6O2/c1-4-31-15-7-14(9-24-10-15)13-5-6-17-16(8-13)20-18(11-25-17)28(3)22(30)29(20)19-12-27(2)26-21(19)23/h5-12H,4H2,1-3H3. The van der Waals surface area contributed by atoms with E-state index < -0.39 is 0 Å². The zero-order chi connectivity index (χ0) is 21.7. The summed E-state index contributed by atoms with van der Waals surface area (Å²) >= 11 is 6.35. The molecule has 0 radical (unpaired) electrons. The van der Waals surface area contributed by atoms with Crippen molar-refractivity contribution in [1.82, 2.24) is 28.9 Å². The van der Waals surface area contributed by atoms with E-state index >= 15 is 0 Å². The topological polar surface area (TPSA) is 79.8 Å². The van der Waals surface area contributed by atoms with E-state index in [-0.39, 0.29) is 10.8 Å². The Hall–Kier alpha value is -3.65. The van der Waals surface area contributed by atoms with Gasteiger partial charge in [-0.05, 0) is 30.7 Å². The lowest BCUT2D eigenvalue weighted by atomic mass is 10.0. The van der Waals surface area contributed by atoms with Crippen LogP contribution in [0, 0.1) is 0 Å². The van der Waals surface area contributed by atoms with Crippen molar-refractivity contribution in [1.29, 1.82) is 0 Å². The van der Waals surface area contributed by atoms with Gasteiger partial charge in [0, 0.05) is 31.2 Å². The van der Waals surface area contributed by atoms with Gasteiger partial charge in [0.15, 0.2) is 5.15 Å². The first-order valence-corrected chi connectivity index (χ1v) is 10.1. The fourth-order valence-electron chi connectivity index (χ4n) is 3.82. The smallest absolute Gasteiger partial charge is 0.333 e. The molecule has 0 bridgehead atoms.